The van der Waals surface area contributed by atoms with Crippen LogP contribution in [0.5, 0.6) is 5.75 Å². The molecule has 0 fully saturated rings. The number of nitrogens with one attached hydrogen (secondary N) is 2. The molecule has 19 heavy (non-hydrogen) atoms. The molecule has 6 nitrogen and oxygen atoms in total. The molecule has 0 saturated heterocycles. The smallest absolute Gasteiger partial charge is 0.295 e. The highest BCUT2D eigenvalue weighted by Gasteiger charge is 2.16. The summed E-state index contributed by atoms with van der Waals surface area (Å²) in [4.78, 5) is 23.7. The second-order valence-electron chi connectivity index (χ2n) is 4.16. The first-order valence-electron chi connectivity index (χ1n) is 5.85. The minimum absolute atomic E-state index is 0.00870. The van der Waals surface area contributed by atoms with Crippen LogP contribution in [-0.2, 0) is 0 Å². The van der Waals surface area contributed by atoms with E-state index in [0.29, 0.717) is 5.82 Å². The molecular formula is C12H16N4O2S. The zero-order valence-electron chi connectivity index (χ0n) is 11.3. The maximum Gasteiger partial charge on any atom is 0.295 e. The molecule has 2 heterocycles. The average Bonchev–Trinajstić information content (AvgIpc) is 2.69. The van der Waals surface area contributed by atoms with Crippen LogP contribution in [0.2, 0.25) is 0 Å². The predicted molar refractivity (Wildman–Crippen MR) is 75.0 cm³/mol. The third-order valence-corrected chi connectivity index (χ3v) is 3.96. The molecular weight excluding hydrogens is 264 g/mol. The van der Waals surface area contributed by atoms with Crippen molar-refractivity contribution >= 4 is 17.2 Å². The summed E-state index contributed by atoms with van der Waals surface area (Å²) in [6, 6.07) is 0.00870. The second kappa shape index (κ2) is 5.40. The van der Waals surface area contributed by atoms with E-state index in [9.17, 15) is 4.79 Å². The molecule has 1 unspecified atom stereocenters. The van der Waals surface area contributed by atoms with Gasteiger partial charge in [-0.15, -0.1) is 11.3 Å². The van der Waals surface area contributed by atoms with Gasteiger partial charge in [-0.25, -0.2) is 9.97 Å². The Morgan fingerprint density at radius 3 is 2.79 bits per heavy atom. The predicted octanol–water partition coefficient (Wildman–Crippen LogP) is 2.02. The minimum Gasteiger partial charge on any atom is -0.489 e. The van der Waals surface area contributed by atoms with Crippen LogP contribution in [-0.4, -0.2) is 22.1 Å². The summed E-state index contributed by atoms with van der Waals surface area (Å²) >= 11 is 1.63. The lowest BCUT2D eigenvalue weighted by atomic mass is 10.2. The Kier molecular flexibility index (Phi) is 3.84. The van der Waals surface area contributed by atoms with Gasteiger partial charge < -0.3 is 15.0 Å². The summed E-state index contributed by atoms with van der Waals surface area (Å²) in [6.07, 6.45) is 1.35. The quantitative estimate of drug-likeness (QED) is 0.895. The van der Waals surface area contributed by atoms with E-state index in [0.717, 1.165) is 15.6 Å². The number of ether oxygens (including phenoxy) is 1. The van der Waals surface area contributed by atoms with Crippen LogP contribution in [0, 0.1) is 13.8 Å². The van der Waals surface area contributed by atoms with Gasteiger partial charge in [0, 0.05) is 4.88 Å². The van der Waals surface area contributed by atoms with Gasteiger partial charge in [0.2, 0.25) is 5.75 Å². The van der Waals surface area contributed by atoms with Crippen molar-refractivity contribution in [3.8, 4) is 5.75 Å². The fraction of sp³-hybridized carbons (Fsp3) is 0.417. The molecule has 2 N–H and O–H groups in total. The molecule has 2 aromatic rings. The number of H-pyrrole nitrogens is 1. The van der Waals surface area contributed by atoms with Gasteiger partial charge in [-0.05, 0) is 20.8 Å². The van der Waals surface area contributed by atoms with Crippen LogP contribution < -0.4 is 15.6 Å². The van der Waals surface area contributed by atoms with Crippen molar-refractivity contribution in [3.05, 3.63) is 32.3 Å². The number of hydrogen-bond acceptors (Lipinski definition) is 6. The first-order valence-corrected chi connectivity index (χ1v) is 6.66. The Morgan fingerprint density at radius 1 is 1.47 bits per heavy atom. The van der Waals surface area contributed by atoms with Crippen molar-refractivity contribution in [1.29, 1.82) is 0 Å². The number of rotatable bonds is 4. The van der Waals surface area contributed by atoms with Crippen molar-refractivity contribution < 1.29 is 4.74 Å². The largest absolute Gasteiger partial charge is 0.489 e. The summed E-state index contributed by atoms with van der Waals surface area (Å²) in [6.45, 7) is 5.95. The van der Waals surface area contributed by atoms with Crippen molar-refractivity contribution in [1.82, 2.24) is 15.0 Å². The third kappa shape index (κ3) is 2.76. The van der Waals surface area contributed by atoms with Gasteiger partial charge in [-0.3, -0.25) is 4.79 Å². The molecule has 0 aromatic carbocycles. The summed E-state index contributed by atoms with van der Waals surface area (Å²) < 4.78 is 5.07. The third-order valence-electron chi connectivity index (χ3n) is 2.70. The number of aromatic nitrogens is 3. The molecule has 0 aliphatic carbocycles. The van der Waals surface area contributed by atoms with E-state index in [4.69, 9.17) is 4.74 Å². The van der Waals surface area contributed by atoms with E-state index in [-0.39, 0.29) is 17.4 Å². The lowest BCUT2D eigenvalue weighted by Crippen LogP contribution is -2.16. The Balaban J connectivity index is 2.29. The van der Waals surface area contributed by atoms with Gasteiger partial charge >= 0.3 is 0 Å². The van der Waals surface area contributed by atoms with Crippen LogP contribution in [0.15, 0.2) is 11.1 Å². The zero-order chi connectivity index (χ0) is 14.0. The maximum absolute atomic E-state index is 11.6. The Bertz CT molecular complexity index is 635. The van der Waals surface area contributed by atoms with Crippen molar-refractivity contribution in [3.63, 3.8) is 0 Å². The lowest BCUT2D eigenvalue weighted by Gasteiger charge is -2.15. The summed E-state index contributed by atoms with van der Waals surface area (Å²) in [7, 11) is 1.45. The lowest BCUT2D eigenvalue weighted by molar-refractivity contribution is 0.407. The summed E-state index contributed by atoms with van der Waals surface area (Å²) in [5, 5.41) is 4.21. The minimum atomic E-state index is -0.301. The highest BCUT2D eigenvalue weighted by Crippen LogP contribution is 2.28. The molecule has 2 rings (SSSR count). The van der Waals surface area contributed by atoms with Gasteiger partial charge in [0.15, 0.2) is 5.82 Å². The molecule has 0 bridgehead atoms. The first-order chi connectivity index (χ1) is 9.02. The Labute approximate surface area is 114 Å². The Morgan fingerprint density at radius 2 is 2.21 bits per heavy atom. The normalized spacial score (nSPS) is 12.2. The number of anilines is 1. The number of methoxy groups -OCH3 is 1. The highest BCUT2D eigenvalue weighted by molar-refractivity contribution is 7.11. The molecule has 0 saturated carbocycles. The molecule has 7 heteroatoms. The van der Waals surface area contributed by atoms with Crippen LogP contribution in [0.25, 0.3) is 0 Å². The van der Waals surface area contributed by atoms with Gasteiger partial charge in [-0.2, -0.15) is 0 Å². The van der Waals surface area contributed by atoms with Crippen LogP contribution in [0.4, 0.5) is 5.82 Å². The van der Waals surface area contributed by atoms with Crippen molar-refractivity contribution in [2.75, 3.05) is 12.4 Å². The first kappa shape index (κ1) is 13.5. The molecule has 0 radical (unpaired) electrons. The highest BCUT2D eigenvalue weighted by atomic mass is 32.1. The molecule has 2 aromatic heterocycles. The van der Waals surface area contributed by atoms with Crippen LogP contribution in [0.3, 0.4) is 0 Å². The number of thiazole rings is 1. The standard InChI is InChI=1S/C12H16N4O2S/c1-6-10(19-8(3)15-6)7(2)16-11-9(18-4)12(17)14-5-13-11/h5,7H,1-4H3,(H2,13,14,16,17). The molecule has 1 atom stereocenters. The van der Waals surface area contributed by atoms with E-state index in [1.54, 1.807) is 11.3 Å². The van der Waals surface area contributed by atoms with E-state index in [2.05, 4.69) is 20.3 Å². The van der Waals surface area contributed by atoms with Gasteiger partial charge in [0.1, 0.15) is 0 Å². The van der Waals surface area contributed by atoms with E-state index < -0.39 is 0 Å². The van der Waals surface area contributed by atoms with Gasteiger partial charge in [0.25, 0.3) is 5.56 Å². The zero-order valence-corrected chi connectivity index (χ0v) is 12.1. The number of nitrogens with zero attached hydrogens (tertiary/aromatic N) is 2. The molecule has 0 spiro atoms. The van der Waals surface area contributed by atoms with E-state index in [1.165, 1.54) is 13.4 Å². The van der Waals surface area contributed by atoms with Crippen LogP contribution in [0.1, 0.15) is 28.5 Å². The maximum atomic E-state index is 11.6. The average molecular weight is 280 g/mol. The van der Waals surface area contributed by atoms with Gasteiger partial charge in [-0.1, -0.05) is 0 Å². The van der Waals surface area contributed by atoms with Crippen molar-refractivity contribution in [2.24, 2.45) is 0 Å². The Hall–Kier alpha value is -1.89. The fourth-order valence-electron chi connectivity index (χ4n) is 1.90. The SMILES string of the molecule is COc1c(NC(C)c2sc(C)nc2C)nc[nH]c1=O. The number of hydrogen-bond donors (Lipinski definition) is 2. The van der Waals surface area contributed by atoms with E-state index in [1.807, 2.05) is 20.8 Å². The molecule has 0 amide bonds. The number of aromatic amines is 1. The number of aryl methyl sites for hydroxylation is 2. The van der Waals surface area contributed by atoms with E-state index >= 15 is 0 Å². The molecule has 0 aliphatic heterocycles. The topological polar surface area (TPSA) is 79.9 Å². The van der Waals surface area contributed by atoms with Crippen LogP contribution >= 0.6 is 11.3 Å². The van der Waals surface area contributed by atoms with Gasteiger partial charge in [0.05, 0.1) is 30.2 Å². The second-order valence-corrected chi connectivity index (χ2v) is 5.40. The fourth-order valence-corrected chi connectivity index (χ4v) is 2.83. The molecule has 0 aliphatic rings. The molecule has 102 valence electrons. The monoisotopic (exact) mass is 280 g/mol. The summed E-state index contributed by atoms with van der Waals surface area (Å²) in [5.41, 5.74) is 0.690. The summed E-state index contributed by atoms with van der Waals surface area (Å²) in [5.74, 6) is 0.623. The van der Waals surface area contributed by atoms with Crippen molar-refractivity contribution in [2.45, 2.75) is 26.8 Å².